The van der Waals surface area contributed by atoms with Gasteiger partial charge in [0, 0.05) is 54.2 Å². The second-order valence-corrected chi connectivity index (χ2v) is 15.6. The number of aliphatic hydroxyl groups is 2. The fraction of sp³-hybridized carbons (Fsp3) is 0.455. The standard InChI is InChI=1S/C44H53FN2O7S/c1-4-24-52-44-41(55-34-19-16-32(17-20-34)46-29(3)50)27-39(47-53-5-2)36-25-30(12-8-10-22-48)35(14-9-11-23-49)42(43(36)44)37-26-33(18-21-40(37)54-44)51-28-31-13-6-7-15-38(31)45/h4,6-7,13,15-21,25-26,30,35,41-43,48-49H,1,5,8-12,14,22-24,27-28H2,2-3H3,(H,46,50). The third kappa shape index (κ3) is 9.28. The monoisotopic (exact) mass is 772 g/mol. The van der Waals surface area contributed by atoms with Crippen LogP contribution in [0.4, 0.5) is 10.1 Å². The molecule has 6 rings (SSSR count). The number of aliphatic hydroxyl groups excluding tert-OH is 2. The highest BCUT2D eigenvalue weighted by atomic mass is 32.2. The number of hydrogen-bond acceptors (Lipinski definition) is 9. The number of unbranched alkanes of at least 4 members (excludes halogenated alkanes) is 2. The number of anilines is 1. The van der Waals surface area contributed by atoms with E-state index in [-0.39, 0.29) is 67.1 Å². The average Bonchev–Trinajstić information content (AvgIpc) is 3.18. The number of halogens is 1. The molecule has 0 aromatic heterocycles. The molecular formula is C44H53FN2O7S. The van der Waals surface area contributed by atoms with Crippen molar-refractivity contribution in [3.63, 3.8) is 0 Å². The Morgan fingerprint density at radius 1 is 1.07 bits per heavy atom. The van der Waals surface area contributed by atoms with Gasteiger partial charge in [-0.1, -0.05) is 48.3 Å². The quantitative estimate of drug-likeness (QED) is 0.0629. The smallest absolute Gasteiger partial charge is 0.231 e. The molecule has 11 heteroatoms. The summed E-state index contributed by atoms with van der Waals surface area (Å²) in [5, 5.41) is 27.0. The van der Waals surface area contributed by atoms with Crippen LogP contribution in [0.5, 0.6) is 11.5 Å². The molecule has 3 N–H and O–H groups in total. The summed E-state index contributed by atoms with van der Waals surface area (Å²) in [6.07, 6.45) is 9.43. The number of rotatable bonds is 19. The van der Waals surface area contributed by atoms with E-state index in [1.165, 1.54) is 13.0 Å². The molecule has 3 aromatic carbocycles. The zero-order valence-electron chi connectivity index (χ0n) is 31.8. The van der Waals surface area contributed by atoms with Crippen molar-refractivity contribution in [2.24, 2.45) is 22.9 Å². The number of thioether (sulfide) groups is 1. The van der Waals surface area contributed by atoms with E-state index in [0.29, 0.717) is 48.6 Å². The molecule has 55 heavy (non-hydrogen) atoms. The van der Waals surface area contributed by atoms with Crippen LogP contribution in [0.15, 0.2) is 101 Å². The molecule has 1 heterocycles. The summed E-state index contributed by atoms with van der Waals surface area (Å²) >= 11 is 1.65. The van der Waals surface area contributed by atoms with Gasteiger partial charge in [0.1, 0.15) is 30.5 Å². The molecule has 2 aliphatic carbocycles. The molecule has 1 saturated carbocycles. The zero-order valence-corrected chi connectivity index (χ0v) is 32.6. The number of fused-ring (bicyclic) bond motifs is 2. The van der Waals surface area contributed by atoms with Gasteiger partial charge < -0.3 is 34.6 Å². The SMILES string of the molecule is C=CCOC12Oc3ccc(OCc4ccccc4F)cc3C3C(CCCCO)C(CCCCO)C=C(C(=NOCC)CC1Sc1ccc(NC(C)=O)cc1)C32. The number of carbonyl (C=O) groups excluding carboxylic acids is 1. The Kier molecular flexibility index (Phi) is 14.1. The molecular weight excluding hydrogens is 720 g/mol. The van der Waals surface area contributed by atoms with E-state index >= 15 is 0 Å². The Hall–Kier alpha value is -4.16. The lowest BCUT2D eigenvalue weighted by Crippen LogP contribution is -2.64. The minimum absolute atomic E-state index is 0.0757. The van der Waals surface area contributed by atoms with E-state index in [1.807, 2.05) is 49.4 Å². The van der Waals surface area contributed by atoms with Crippen molar-refractivity contribution in [3.8, 4) is 11.5 Å². The minimum Gasteiger partial charge on any atom is -0.489 e. The van der Waals surface area contributed by atoms with Gasteiger partial charge in [0.15, 0.2) is 0 Å². The Morgan fingerprint density at radius 3 is 2.55 bits per heavy atom. The minimum atomic E-state index is -1.15. The third-order valence-corrected chi connectivity index (χ3v) is 12.1. The second kappa shape index (κ2) is 19.1. The number of nitrogens with zero attached hydrogens (tertiary/aromatic N) is 1. The maximum atomic E-state index is 14.6. The summed E-state index contributed by atoms with van der Waals surface area (Å²) in [5.74, 6) is -0.443. The average molecular weight is 773 g/mol. The highest BCUT2D eigenvalue weighted by Crippen LogP contribution is 2.63. The molecule has 0 bridgehead atoms. The number of carbonyl (C=O) groups is 1. The van der Waals surface area contributed by atoms with Crippen molar-refractivity contribution in [3.05, 3.63) is 108 Å². The molecule has 3 aromatic rings. The highest BCUT2D eigenvalue weighted by molar-refractivity contribution is 8.00. The van der Waals surface area contributed by atoms with Gasteiger partial charge in [-0.05, 0) is 98.5 Å². The number of ether oxygens (including phenoxy) is 3. The van der Waals surface area contributed by atoms with Gasteiger partial charge in [-0.25, -0.2) is 4.39 Å². The van der Waals surface area contributed by atoms with Crippen molar-refractivity contribution in [2.75, 3.05) is 31.7 Å². The molecule has 1 aliphatic heterocycles. The van der Waals surface area contributed by atoms with Crippen LogP contribution in [0, 0.1) is 23.6 Å². The lowest BCUT2D eigenvalue weighted by atomic mass is 9.56. The fourth-order valence-corrected chi connectivity index (χ4v) is 9.71. The summed E-state index contributed by atoms with van der Waals surface area (Å²) in [4.78, 5) is 18.5. The molecule has 0 saturated heterocycles. The van der Waals surface area contributed by atoms with Gasteiger partial charge in [-0.3, -0.25) is 4.79 Å². The van der Waals surface area contributed by atoms with Crippen LogP contribution in [-0.4, -0.2) is 59.3 Å². The Bertz CT molecular complexity index is 1830. The summed E-state index contributed by atoms with van der Waals surface area (Å²) in [5.41, 5.74) is 4.05. The van der Waals surface area contributed by atoms with Gasteiger partial charge in [0.25, 0.3) is 0 Å². The zero-order chi connectivity index (χ0) is 38.8. The number of nitrogens with one attached hydrogen (secondary N) is 1. The van der Waals surface area contributed by atoms with E-state index in [4.69, 9.17) is 24.2 Å². The normalized spacial score (nSPS) is 24.6. The summed E-state index contributed by atoms with van der Waals surface area (Å²) < 4.78 is 35.1. The fourth-order valence-electron chi connectivity index (χ4n) is 8.42. The maximum absolute atomic E-state index is 14.6. The van der Waals surface area contributed by atoms with Crippen molar-refractivity contribution < 1.29 is 38.4 Å². The van der Waals surface area contributed by atoms with Crippen LogP contribution in [0.25, 0.3) is 0 Å². The van der Waals surface area contributed by atoms with Crippen LogP contribution in [0.3, 0.4) is 0 Å². The van der Waals surface area contributed by atoms with Gasteiger partial charge in [-0.15, -0.1) is 18.3 Å². The Balaban J connectivity index is 1.50. The first-order valence-electron chi connectivity index (χ1n) is 19.4. The summed E-state index contributed by atoms with van der Waals surface area (Å²) in [7, 11) is 0. The van der Waals surface area contributed by atoms with Crippen LogP contribution >= 0.6 is 11.8 Å². The summed E-state index contributed by atoms with van der Waals surface area (Å²) in [6.45, 7) is 8.40. The largest absolute Gasteiger partial charge is 0.489 e. The predicted molar refractivity (Wildman–Crippen MR) is 214 cm³/mol. The van der Waals surface area contributed by atoms with Crippen LogP contribution in [0.1, 0.15) is 75.8 Å². The van der Waals surface area contributed by atoms with Crippen molar-refractivity contribution in [2.45, 2.75) is 87.3 Å². The molecule has 6 atom stereocenters. The molecule has 0 spiro atoms. The van der Waals surface area contributed by atoms with E-state index in [2.05, 4.69) is 18.0 Å². The number of oxime groups is 1. The van der Waals surface area contributed by atoms with Gasteiger partial charge in [0.2, 0.25) is 11.7 Å². The van der Waals surface area contributed by atoms with Crippen molar-refractivity contribution >= 4 is 29.1 Å². The second-order valence-electron chi connectivity index (χ2n) is 14.4. The maximum Gasteiger partial charge on any atom is 0.231 e. The topological polar surface area (TPSA) is 119 Å². The van der Waals surface area contributed by atoms with Crippen molar-refractivity contribution in [1.29, 1.82) is 0 Å². The van der Waals surface area contributed by atoms with Crippen LogP contribution in [-0.2, 0) is 21.0 Å². The first kappa shape index (κ1) is 40.5. The third-order valence-electron chi connectivity index (χ3n) is 10.7. The number of hydrogen-bond donors (Lipinski definition) is 3. The van der Waals surface area contributed by atoms with E-state index in [1.54, 1.807) is 36.0 Å². The van der Waals surface area contributed by atoms with Gasteiger partial charge in [-0.2, -0.15) is 0 Å². The molecule has 9 nitrogen and oxygen atoms in total. The number of allylic oxidation sites excluding steroid dienone is 1. The Labute approximate surface area is 328 Å². The summed E-state index contributed by atoms with van der Waals surface area (Å²) in [6, 6.07) is 20.2. The van der Waals surface area contributed by atoms with E-state index in [9.17, 15) is 19.4 Å². The van der Waals surface area contributed by atoms with Crippen LogP contribution < -0.4 is 14.8 Å². The Morgan fingerprint density at radius 2 is 1.84 bits per heavy atom. The first-order chi connectivity index (χ1) is 26.8. The van der Waals surface area contributed by atoms with Crippen molar-refractivity contribution in [1.82, 2.24) is 0 Å². The predicted octanol–water partition coefficient (Wildman–Crippen LogP) is 8.81. The molecule has 0 radical (unpaired) electrons. The molecule has 6 unspecified atom stereocenters. The van der Waals surface area contributed by atoms with Crippen LogP contribution in [0.2, 0.25) is 0 Å². The molecule has 3 aliphatic rings. The van der Waals surface area contributed by atoms with E-state index < -0.39 is 5.79 Å². The molecule has 1 fully saturated rings. The number of amides is 1. The van der Waals surface area contributed by atoms with E-state index in [0.717, 1.165) is 47.4 Å². The number of benzene rings is 3. The molecule has 1 amide bonds. The van der Waals surface area contributed by atoms with Gasteiger partial charge in [0.05, 0.1) is 23.5 Å². The molecule has 294 valence electrons. The van der Waals surface area contributed by atoms with Gasteiger partial charge >= 0.3 is 0 Å². The lowest BCUT2D eigenvalue weighted by Gasteiger charge is -2.58. The lowest BCUT2D eigenvalue weighted by molar-refractivity contribution is -0.223. The highest BCUT2D eigenvalue weighted by Gasteiger charge is 2.64. The first-order valence-corrected chi connectivity index (χ1v) is 20.3.